The van der Waals surface area contributed by atoms with Crippen LogP contribution in [0.25, 0.3) is 11.5 Å². The molecule has 72 valence electrons. The third-order valence-corrected chi connectivity index (χ3v) is 2.74. The molecule has 3 nitrogen and oxygen atoms in total. The molecular formula is C10H10N2OS. The summed E-state index contributed by atoms with van der Waals surface area (Å²) in [6.07, 6.45) is 3.38. The van der Waals surface area contributed by atoms with Gasteiger partial charge in [0, 0.05) is 4.90 Å². The molecule has 0 saturated heterocycles. The minimum absolute atomic E-state index is 0.582. The van der Waals surface area contributed by atoms with Gasteiger partial charge in [0.05, 0.1) is 5.56 Å². The molecule has 0 aliphatic heterocycles. The molecule has 4 heteroatoms. The lowest BCUT2D eigenvalue weighted by atomic mass is 10.1. The lowest BCUT2D eigenvalue weighted by Crippen LogP contribution is -1.84. The van der Waals surface area contributed by atoms with Gasteiger partial charge in [0.2, 0.25) is 12.3 Å². The zero-order valence-electron chi connectivity index (χ0n) is 8.02. The van der Waals surface area contributed by atoms with Crippen LogP contribution in [0.15, 0.2) is 33.9 Å². The first-order valence-electron chi connectivity index (χ1n) is 4.22. The minimum atomic E-state index is 0.582. The Morgan fingerprint density at radius 2 is 2.21 bits per heavy atom. The van der Waals surface area contributed by atoms with E-state index in [2.05, 4.69) is 28.4 Å². The molecule has 0 spiro atoms. The van der Waals surface area contributed by atoms with Crippen molar-refractivity contribution in [3.05, 3.63) is 30.2 Å². The number of rotatable bonds is 2. The highest BCUT2D eigenvalue weighted by molar-refractivity contribution is 7.98. The second-order valence-corrected chi connectivity index (χ2v) is 3.80. The smallest absolute Gasteiger partial charge is 0.248 e. The van der Waals surface area contributed by atoms with Crippen LogP contribution in [0.3, 0.4) is 0 Å². The van der Waals surface area contributed by atoms with E-state index in [4.69, 9.17) is 4.42 Å². The van der Waals surface area contributed by atoms with Crippen LogP contribution in [-0.2, 0) is 0 Å². The van der Waals surface area contributed by atoms with Crippen molar-refractivity contribution in [3.8, 4) is 11.5 Å². The van der Waals surface area contributed by atoms with Crippen LogP contribution in [0.5, 0.6) is 0 Å². The van der Waals surface area contributed by atoms with Crippen LogP contribution in [-0.4, -0.2) is 16.5 Å². The zero-order valence-corrected chi connectivity index (χ0v) is 8.84. The second kappa shape index (κ2) is 3.84. The van der Waals surface area contributed by atoms with E-state index in [1.807, 2.05) is 13.2 Å². The first kappa shape index (κ1) is 9.27. The van der Waals surface area contributed by atoms with Crippen LogP contribution >= 0.6 is 11.8 Å². The molecule has 0 amide bonds. The maximum atomic E-state index is 5.18. The van der Waals surface area contributed by atoms with Gasteiger partial charge >= 0.3 is 0 Å². The van der Waals surface area contributed by atoms with Gasteiger partial charge in [-0.1, -0.05) is 11.6 Å². The molecule has 0 saturated carbocycles. The summed E-state index contributed by atoms with van der Waals surface area (Å²) in [5, 5.41) is 7.58. The number of benzene rings is 1. The van der Waals surface area contributed by atoms with Crippen LogP contribution in [0.4, 0.5) is 0 Å². The average molecular weight is 206 g/mol. The summed E-state index contributed by atoms with van der Waals surface area (Å²) in [4.78, 5) is 1.15. The Kier molecular flexibility index (Phi) is 2.54. The summed E-state index contributed by atoms with van der Waals surface area (Å²) >= 11 is 1.67. The Bertz CT molecular complexity index is 426. The molecule has 0 fully saturated rings. The van der Waals surface area contributed by atoms with Gasteiger partial charge in [0.15, 0.2) is 0 Å². The number of thioether (sulfide) groups is 1. The summed E-state index contributed by atoms with van der Waals surface area (Å²) in [5.41, 5.74) is 2.20. The lowest BCUT2D eigenvalue weighted by molar-refractivity contribution is 0.567. The first-order valence-corrected chi connectivity index (χ1v) is 5.45. The number of nitrogens with zero attached hydrogens (tertiary/aromatic N) is 2. The van der Waals surface area contributed by atoms with E-state index in [1.54, 1.807) is 11.8 Å². The molecule has 0 aliphatic carbocycles. The molecule has 0 N–H and O–H groups in total. The maximum Gasteiger partial charge on any atom is 0.248 e. The van der Waals surface area contributed by atoms with Gasteiger partial charge in [0.25, 0.3) is 0 Å². The van der Waals surface area contributed by atoms with Crippen LogP contribution in [0.1, 0.15) is 5.56 Å². The molecule has 0 radical (unpaired) electrons. The predicted molar refractivity (Wildman–Crippen MR) is 56.3 cm³/mol. The van der Waals surface area contributed by atoms with Gasteiger partial charge < -0.3 is 4.42 Å². The lowest BCUT2D eigenvalue weighted by Gasteiger charge is -2.03. The molecule has 1 aromatic heterocycles. The zero-order chi connectivity index (χ0) is 9.97. The molecule has 0 bridgehead atoms. The number of aryl methyl sites for hydroxylation is 1. The van der Waals surface area contributed by atoms with Crippen LogP contribution in [0.2, 0.25) is 0 Å². The van der Waals surface area contributed by atoms with Gasteiger partial charge in [-0.25, -0.2) is 0 Å². The number of aromatic nitrogens is 2. The Labute approximate surface area is 86.5 Å². The molecule has 0 atom stereocenters. The topological polar surface area (TPSA) is 38.9 Å². The summed E-state index contributed by atoms with van der Waals surface area (Å²) in [7, 11) is 0. The van der Waals surface area contributed by atoms with Crippen molar-refractivity contribution in [2.24, 2.45) is 0 Å². The highest BCUT2D eigenvalue weighted by Crippen LogP contribution is 2.29. The van der Waals surface area contributed by atoms with Gasteiger partial charge in [0.1, 0.15) is 0 Å². The van der Waals surface area contributed by atoms with Crippen molar-refractivity contribution >= 4 is 11.8 Å². The van der Waals surface area contributed by atoms with Gasteiger partial charge in [-0.2, -0.15) is 0 Å². The fourth-order valence-corrected chi connectivity index (χ4v) is 1.85. The number of hydrogen-bond acceptors (Lipinski definition) is 4. The van der Waals surface area contributed by atoms with E-state index in [-0.39, 0.29) is 0 Å². The predicted octanol–water partition coefficient (Wildman–Crippen LogP) is 2.77. The summed E-state index contributed by atoms with van der Waals surface area (Å²) in [5.74, 6) is 0.582. The molecule has 2 aromatic rings. The van der Waals surface area contributed by atoms with E-state index in [0.29, 0.717) is 5.89 Å². The quantitative estimate of drug-likeness (QED) is 0.708. The Morgan fingerprint density at radius 1 is 1.36 bits per heavy atom. The van der Waals surface area contributed by atoms with Gasteiger partial charge in [-0.05, 0) is 25.3 Å². The Morgan fingerprint density at radius 3 is 2.86 bits per heavy atom. The van der Waals surface area contributed by atoms with Crippen molar-refractivity contribution < 1.29 is 4.42 Å². The van der Waals surface area contributed by atoms with Crippen molar-refractivity contribution in [2.45, 2.75) is 11.8 Å². The molecule has 14 heavy (non-hydrogen) atoms. The largest absolute Gasteiger partial charge is 0.423 e. The Balaban J connectivity index is 2.55. The Hall–Kier alpha value is -1.29. The van der Waals surface area contributed by atoms with Crippen molar-refractivity contribution in [3.63, 3.8) is 0 Å². The van der Waals surface area contributed by atoms with E-state index >= 15 is 0 Å². The molecule has 1 heterocycles. The average Bonchev–Trinajstić information content (AvgIpc) is 2.70. The maximum absolute atomic E-state index is 5.18. The first-order chi connectivity index (χ1) is 6.81. The van der Waals surface area contributed by atoms with Gasteiger partial charge in [-0.3, -0.25) is 0 Å². The SMILES string of the molecule is CSc1ccc(C)cc1-c1nnco1. The van der Waals surface area contributed by atoms with E-state index in [0.717, 1.165) is 10.5 Å². The minimum Gasteiger partial charge on any atom is -0.423 e. The normalized spacial score (nSPS) is 10.4. The summed E-state index contributed by atoms with van der Waals surface area (Å²) in [6, 6.07) is 6.20. The summed E-state index contributed by atoms with van der Waals surface area (Å²) < 4.78 is 5.18. The highest BCUT2D eigenvalue weighted by atomic mass is 32.2. The van der Waals surface area contributed by atoms with Crippen molar-refractivity contribution in [1.29, 1.82) is 0 Å². The fourth-order valence-electron chi connectivity index (χ4n) is 1.28. The third kappa shape index (κ3) is 1.65. The van der Waals surface area contributed by atoms with Crippen molar-refractivity contribution in [2.75, 3.05) is 6.26 Å². The highest BCUT2D eigenvalue weighted by Gasteiger charge is 2.08. The van der Waals surface area contributed by atoms with Crippen molar-refractivity contribution in [1.82, 2.24) is 10.2 Å². The van der Waals surface area contributed by atoms with E-state index < -0.39 is 0 Å². The molecule has 1 aromatic carbocycles. The van der Waals surface area contributed by atoms with E-state index in [9.17, 15) is 0 Å². The molecule has 0 aliphatic rings. The van der Waals surface area contributed by atoms with E-state index in [1.165, 1.54) is 12.0 Å². The monoisotopic (exact) mass is 206 g/mol. The second-order valence-electron chi connectivity index (χ2n) is 2.95. The van der Waals surface area contributed by atoms with Crippen LogP contribution in [0, 0.1) is 6.92 Å². The van der Waals surface area contributed by atoms with Gasteiger partial charge in [-0.15, -0.1) is 22.0 Å². The molecule has 0 unspecified atom stereocenters. The standard InChI is InChI=1S/C10H10N2OS/c1-7-3-4-9(14-2)8(5-7)10-12-11-6-13-10/h3-6H,1-2H3. The molecular weight excluding hydrogens is 196 g/mol. The summed E-state index contributed by atoms with van der Waals surface area (Å²) in [6.45, 7) is 2.05. The molecule has 2 rings (SSSR count). The fraction of sp³-hybridized carbons (Fsp3) is 0.200. The third-order valence-electron chi connectivity index (χ3n) is 1.95. The number of hydrogen-bond donors (Lipinski definition) is 0. The van der Waals surface area contributed by atoms with Crippen LogP contribution < -0.4 is 0 Å².